The van der Waals surface area contributed by atoms with E-state index in [2.05, 4.69) is 0 Å². The van der Waals surface area contributed by atoms with Crippen molar-refractivity contribution in [2.24, 2.45) is 0 Å². The van der Waals surface area contributed by atoms with Gasteiger partial charge in [-0.1, -0.05) is 0 Å². The van der Waals surface area contributed by atoms with E-state index in [4.69, 9.17) is 4.74 Å². The van der Waals surface area contributed by atoms with Crippen LogP contribution in [0, 0.1) is 0 Å². The van der Waals surface area contributed by atoms with Crippen molar-refractivity contribution < 1.29 is 13.7 Å². The smallest absolute Gasteiger partial charge is 0.140 e. The summed E-state index contributed by atoms with van der Waals surface area (Å²) >= 11 is 0. The van der Waals surface area contributed by atoms with Crippen LogP contribution in [0.2, 0.25) is 0 Å². The highest BCUT2D eigenvalue weighted by molar-refractivity contribution is 7.81. The summed E-state index contributed by atoms with van der Waals surface area (Å²) in [4.78, 5) is 10.4. The normalized spacial score (nSPS) is 29.7. The molecule has 0 radical (unpaired) electrons. The number of hydrogen-bond acceptors (Lipinski definition) is 3. The highest BCUT2D eigenvalue weighted by Gasteiger charge is 2.24. The van der Waals surface area contributed by atoms with Crippen molar-refractivity contribution in [3.8, 4) is 0 Å². The Morgan fingerprint density at radius 1 is 1.73 bits per heavy atom. The van der Waals surface area contributed by atoms with Crippen molar-refractivity contribution in [3.63, 3.8) is 0 Å². The largest absolute Gasteiger partial charge is 0.378 e. The number of nitrogens with zero attached hydrogens (tertiary/aromatic N) is 1. The molecule has 0 spiro atoms. The predicted octanol–water partition coefficient (Wildman–Crippen LogP) is -0.820. The molecular weight excluding hydrogens is 166 g/mol. The predicted molar refractivity (Wildman–Crippen MR) is 41.4 cm³/mol. The second kappa shape index (κ2) is 3.94. The van der Waals surface area contributed by atoms with E-state index in [0.717, 1.165) is 6.29 Å². The van der Waals surface area contributed by atoms with Gasteiger partial charge in [-0.2, -0.15) is 0 Å². The van der Waals surface area contributed by atoms with E-state index in [1.54, 1.807) is 10.6 Å². The van der Waals surface area contributed by atoms with E-state index < -0.39 is 11.0 Å². The molecule has 1 saturated heterocycles. The van der Waals surface area contributed by atoms with E-state index in [1.807, 2.05) is 0 Å². The third-order valence-electron chi connectivity index (χ3n) is 1.60. The average Bonchev–Trinajstić information content (AvgIpc) is 2.04. The van der Waals surface area contributed by atoms with Gasteiger partial charge in [-0.15, -0.1) is 0 Å². The maximum absolute atomic E-state index is 11.0. The van der Waals surface area contributed by atoms with Crippen molar-refractivity contribution in [1.29, 1.82) is 0 Å². The Hall–Kier alpha value is -0.260. The summed E-state index contributed by atoms with van der Waals surface area (Å²) in [6.07, 6.45) is 2.35. The van der Waals surface area contributed by atoms with Gasteiger partial charge in [0, 0.05) is 12.8 Å². The van der Waals surface area contributed by atoms with Gasteiger partial charge in [-0.25, -0.2) is 8.51 Å². The Balaban J connectivity index is 2.58. The van der Waals surface area contributed by atoms with Crippen molar-refractivity contribution in [1.82, 2.24) is 4.31 Å². The maximum atomic E-state index is 11.0. The van der Waals surface area contributed by atoms with Gasteiger partial charge in [-0.05, 0) is 0 Å². The van der Waals surface area contributed by atoms with Crippen LogP contribution in [0.3, 0.4) is 0 Å². The van der Waals surface area contributed by atoms with E-state index in [0.29, 0.717) is 19.8 Å². The third-order valence-corrected chi connectivity index (χ3v) is 2.72. The van der Waals surface area contributed by atoms with Crippen LogP contribution in [-0.2, 0) is 20.5 Å². The molecule has 2 atom stereocenters. The Kier molecular flexibility index (Phi) is 3.16. The zero-order valence-electron chi connectivity index (χ0n) is 6.36. The molecule has 5 heteroatoms. The average molecular weight is 177 g/mol. The van der Waals surface area contributed by atoms with E-state index >= 15 is 0 Å². The van der Waals surface area contributed by atoms with E-state index in [9.17, 15) is 9.00 Å². The first kappa shape index (κ1) is 8.83. The monoisotopic (exact) mass is 177 g/mol. The topological polar surface area (TPSA) is 46.6 Å². The summed E-state index contributed by atoms with van der Waals surface area (Å²) in [7, 11) is -1.06. The van der Waals surface area contributed by atoms with Gasteiger partial charge in [0.2, 0.25) is 0 Å². The highest BCUT2D eigenvalue weighted by Crippen LogP contribution is 2.05. The first-order valence-electron chi connectivity index (χ1n) is 3.39. The van der Waals surface area contributed by atoms with E-state index in [1.165, 1.54) is 0 Å². The fourth-order valence-corrected chi connectivity index (χ4v) is 1.86. The number of ether oxygens (including phenoxy) is 1. The molecule has 1 aliphatic heterocycles. The Bertz CT molecular complexity index is 173. The minimum Gasteiger partial charge on any atom is -0.378 e. The SMILES string of the molecule is CS(=O)N1CCOCC1C=O. The standard InChI is InChI=1S/C6H11NO3S/c1-11(9)7-2-3-10-5-6(7)4-8/h4,6H,2-3,5H2,1H3. The highest BCUT2D eigenvalue weighted by atomic mass is 32.2. The first-order chi connectivity index (χ1) is 5.25. The lowest BCUT2D eigenvalue weighted by Gasteiger charge is -2.29. The number of carbonyl (C=O) groups is 1. The van der Waals surface area contributed by atoms with Gasteiger partial charge in [0.25, 0.3) is 0 Å². The molecule has 1 aliphatic rings. The van der Waals surface area contributed by atoms with Crippen LogP contribution in [0.5, 0.6) is 0 Å². The number of carbonyl (C=O) groups excluding carboxylic acids is 1. The fourth-order valence-electron chi connectivity index (χ4n) is 1.03. The number of aldehydes is 1. The Morgan fingerprint density at radius 2 is 2.45 bits per heavy atom. The Labute approximate surface area is 68.1 Å². The molecule has 1 rings (SSSR count). The first-order valence-corrected chi connectivity index (χ1v) is 4.90. The lowest BCUT2D eigenvalue weighted by Crippen LogP contribution is -2.46. The van der Waals surface area contributed by atoms with Gasteiger partial charge >= 0.3 is 0 Å². The van der Waals surface area contributed by atoms with Crippen LogP contribution >= 0.6 is 0 Å². The van der Waals surface area contributed by atoms with Gasteiger partial charge in [-0.3, -0.25) is 0 Å². The maximum Gasteiger partial charge on any atom is 0.140 e. The van der Waals surface area contributed by atoms with Crippen LogP contribution in [0.1, 0.15) is 0 Å². The summed E-state index contributed by atoms with van der Waals surface area (Å²) in [6, 6.07) is -0.324. The molecule has 0 amide bonds. The van der Waals surface area contributed by atoms with Gasteiger partial charge in [0.15, 0.2) is 0 Å². The molecule has 0 saturated carbocycles. The number of morpholine rings is 1. The fraction of sp³-hybridized carbons (Fsp3) is 0.833. The van der Waals surface area contributed by atoms with Crippen molar-refractivity contribution >= 4 is 17.3 Å². The minimum absolute atomic E-state index is 0.324. The zero-order chi connectivity index (χ0) is 8.27. The molecular formula is C6H11NO3S. The molecule has 64 valence electrons. The van der Waals surface area contributed by atoms with Crippen LogP contribution < -0.4 is 0 Å². The molecule has 0 bridgehead atoms. The summed E-state index contributed by atoms with van der Waals surface area (Å²) < 4.78 is 17.7. The van der Waals surface area contributed by atoms with Crippen molar-refractivity contribution in [3.05, 3.63) is 0 Å². The third kappa shape index (κ3) is 2.08. The second-order valence-electron chi connectivity index (χ2n) is 2.34. The van der Waals surface area contributed by atoms with Gasteiger partial charge in [0.1, 0.15) is 12.3 Å². The Morgan fingerprint density at radius 3 is 2.91 bits per heavy atom. The van der Waals surface area contributed by atoms with Gasteiger partial charge < -0.3 is 9.53 Å². The summed E-state index contributed by atoms with van der Waals surface area (Å²) in [5, 5.41) is 0. The van der Waals surface area contributed by atoms with Crippen LogP contribution in [-0.4, -0.2) is 46.9 Å². The molecule has 0 aromatic heterocycles. The lowest BCUT2D eigenvalue weighted by molar-refractivity contribution is -0.114. The van der Waals surface area contributed by atoms with Crippen molar-refractivity contribution in [2.45, 2.75) is 6.04 Å². The summed E-state index contributed by atoms with van der Waals surface area (Å²) in [5.74, 6) is 0. The molecule has 2 unspecified atom stereocenters. The zero-order valence-corrected chi connectivity index (χ0v) is 7.17. The van der Waals surface area contributed by atoms with Crippen molar-refractivity contribution in [2.75, 3.05) is 26.0 Å². The minimum atomic E-state index is -1.06. The lowest BCUT2D eigenvalue weighted by atomic mass is 10.3. The number of rotatable bonds is 2. The molecule has 0 aliphatic carbocycles. The molecule has 1 heterocycles. The molecule has 0 N–H and O–H groups in total. The summed E-state index contributed by atoms with van der Waals surface area (Å²) in [5.41, 5.74) is 0. The summed E-state index contributed by atoms with van der Waals surface area (Å²) in [6.45, 7) is 1.50. The molecule has 1 fully saturated rings. The van der Waals surface area contributed by atoms with Crippen LogP contribution in [0.15, 0.2) is 0 Å². The number of hydrogen-bond donors (Lipinski definition) is 0. The van der Waals surface area contributed by atoms with Gasteiger partial charge in [0.05, 0.1) is 24.2 Å². The molecule has 0 aromatic rings. The second-order valence-corrected chi connectivity index (χ2v) is 3.66. The molecule has 4 nitrogen and oxygen atoms in total. The van der Waals surface area contributed by atoms with Crippen LogP contribution in [0.4, 0.5) is 0 Å². The molecule has 0 aromatic carbocycles. The van der Waals surface area contributed by atoms with E-state index in [-0.39, 0.29) is 6.04 Å². The van der Waals surface area contributed by atoms with Crippen LogP contribution in [0.25, 0.3) is 0 Å². The quantitative estimate of drug-likeness (QED) is 0.518. The molecule has 11 heavy (non-hydrogen) atoms.